The quantitative estimate of drug-likeness (QED) is 0.601. The van der Waals surface area contributed by atoms with Crippen LogP contribution in [0, 0.1) is 0 Å². The van der Waals surface area contributed by atoms with Gasteiger partial charge < -0.3 is 4.42 Å². The van der Waals surface area contributed by atoms with E-state index in [0.717, 1.165) is 11.8 Å². The Morgan fingerprint density at radius 2 is 2.00 bits per heavy atom. The smallest absolute Gasteiger partial charge is 0.420 e. The van der Waals surface area contributed by atoms with Crippen molar-refractivity contribution in [2.45, 2.75) is 18.0 Å². The summed E-state index contributed by atoms with van der Waals surface area (Å²) in [5, 5.41) is -0.0782. The van der Waals surface area contributed by atoms with Crippen molar-refractivity contribution in [1.82, 2.24) is 0 Å². The van der Waals surface area contributed by atoms with Gasteiger partial charge in [-0.3, -0.25) is 4.79 Å². The highest BCUT2D eigenvalue weighted by atomic mass is 32.2. The van der Waals surface area contributed by atoms with E-state index in [1.165, 1.54) is 23.9 Å². The first-order valence-electron chi connectivity index (χ1n) is 5.03. The van der Waals surface area contributed by atoms with Crippen LogP contribution in [0.5, 0.6) is 0 Å². The van der Waals surface area contributed by atoms with Gasteiger partial charge in [-0.1, -0.05) is 0 Å². The molecular weight excluding hydrogens is 265 g/mol. The highest BCUT2D eigenvalue weighted by molar-refractivity contribution is 7.98. The van der Waals surface area contributed by atoms with Crippen molar-refractivity contribution in [2.75, 3.05) is 6.26 Å². The normalized spacial score (nSPS) is 12.1. The minimum absolute atomic E-state index is 0.0782. The van der Waals surface area contributed by atoms with Gasteiger partial charge in [-0.25, -0.2) is 0 Å². The molecule has 0 fully saturated rings. The van der Waals surface area contributed by atoms with Gasteiger partial charge in [-0.15, -0.1) is 11.8 Å². The van der Waals surface area contributed by atoms with Crippen molar-refractivity contribution >= 4 is 28.5 Å². The summed E-state index contributed by atoms with van der Waals surface area (Å²) in [4.78, 5) is 12.0. The molecule has 2 rings (SSSR count). The molecule has 0 radical (unpaired) electrons. The fourth-order valence-corrected chi connectivity index (χ4v) is 2.16. The van der Waals surface area contributed by atoms with Crippen molar-refractivity contribution in [3.63, 3.8) is 0 Å². The first kappa shape index (κ1) is 13.0. The molecule has 0 saturated heterocycles. The van der Waals surface area contributed by atoms with Gasteiger partial charge in [0.15, 0.2) is 11.5 Å². The number of Topliss-reactive ketones (excluding diaryl/α,β-unsaturated/α-hetero) is 1. The standard InChI is InChI=1S/C12H9F3O2S/c1-6(16)11-10(12(13,14)15)8-4-3-7(18-2)5-9(8)17-11/h3-5H,1-2H3. The number of hydrogen-bond acceptors (Lipinski definition) is 3. The molecule has 0 aliphatic carbocycles. The molecule has 0 saturated carbocycles. The molecule has 1 heterocycles. The zero-order valence-corrected chi connectivity index (χ0v) is 10.4. The number of carbonyl (C=O) groups is 1. The zero-order chi connectivity index (χ0) is 13.5. The number of rotatable bonds is 2. The van der Waals surface area contributed by atoms with E-state index in [4.69, 9.17) is 4.42 Å². The Bertz CT molecular complexity index is 614. The second-order valence-electron chi connectivity index (χ2n) is 3.72. The molecule has 0 aliphatic heterocycles. The SMILES string of the molecule is CSc1ccc2c(C(F)(F)F)c(C(C)=O)oc2c1. The molecular formula is C12H9F3O2S. The number of thioether (sulfide) groups is 1. The summed E-state index contributed by atoms with van der Waals surface area (Å²) < 4.78 is 43.9. The Morgan fingerprint density at radius 1 is 1.33 bits per heavy atom. The lowest BCUT2D eigenvalue weighted by Gasteiger charge is -2.05. The van der Waals surface area contributed by atoms with Crippen LogP contribution in [0.15, 0.2) is 27.5 Å². The number of benzene rings is 1. The van der Waals surface area contributed by atoms with Gasteiger partial charge in [0, 0.05) is 17.2 Å². The summed E-state index contributed by atoms with van der Waals surface area (Å²) in [7, 11) is 0. The van der Waals surface area contributed by atoms with Gasteiger partial charge in [-0.2, -0.15) is 13.2 Å². The first-order valence-corrected chi connectivity index (χ1v) is 6.25. The van der Waals surface area contributed by atoms with Gasteiger partial charge in [0.25, 0.3) is 0 Å². The fraction of sp³-hybridized carbons (Fsp3) is 0.250. The third-order valence-corrected chi connectivity index (χ3v) is 3.23. The van der Waals surface area contributed by atoms with Crippen LogP contribution in [0.2, 0.25) is 0 Å². The topological polar surface area (TPSA) is 30.2 Å². The maximum atomic E-state index is 12.9. The van der Waals surface area contributed by atoms with Gasteiger partial charge in [-0.05, 0) is 24.5 Å². The minimum Gasteiger partial charge on any atom is -0.452 e. The average Bonchev–Trinajstić information content (AvgIpc) is 2.66. The van der Waals surface area contributed by atoms with Gasteiger partial charge >= 0.3 is 6.18 Å². The Hall–Kier alpha value is -1.43. The molecule has 1 aromatic heterocycles. The predicted octanol–water partition coefficient (Wildman–Crippen LogP) is 4.38. The highest BCUT2D eigenvalue weighted by Gasteiger charge is 2.39. The van der Waals surface area contributed by atoms with Crippen LogP contribution in [-0.2, 0) is 6.18 Å². The summed E-state index contributed by atoms with van der Waals surface area (Å²) in [6, 6.07) is 4.41. The lowest BCUT2D eigenvalue weighted by Crippen LogP contribution is -2.09. The van der Waals surface area contributed by atoms with Crippen LogP contribution >= 0.6 is 11.8 Å². The van der Waals surface area contributed by atoms with Gasteiger partial charge in [0.1, 0.15) is 11.1 Å². The molecule has 0 N–H and O–H groups in total. The molecule has 1 aromatic carbocycles. The van der Waals surface area contributed by atoms with Crippen molar-refractivity contribution in [3.8, 4) is 0 Å². The number of furan rings is 1. The van der Waals surface area contributed by atoms with Crippen LogP contribution in [0.1, 0.15) is 23.0 Å². The Kier molecular flexibility index (Phi) is 3.14. The number of halogens is 3. The second-order valence-corrected chi connectivity index (χ2v) is 4.60. The molecule has 0 amide bonds. The van der Waals surface area contributed by atoms with E-state index >= 15 is 0 Å². The van der Waals surface area contributed by atoms with E-state index in [1.54, 1.807) is 12.3 Å². The molecule has 96 valence electrons. The third kappa shape index (κ3) is 2.12. The number of carbonyl (C=O) groups excluding carboxylic acids is 1. The summed E-state index contributed by atoms with van der Waals surface area (Å²) in [5.41, 5.74) is -0.906. The molecule has 18 heavy (non-hydrogen) atoms. The van der Waals surface area contributed by atoms with Crippen molar-refractivity contribution in [2.24, 2.45) is 0 Å². The molecule has 6 heteroatoms. The summed E-state index contributed by atoms with van der Waals surface area (Å²) >= 11 is 1.39. The number of ketones is 1. The van der Waals surface area contributed by atoms with E-state index in [2.05, 4.69) is 0 Å². The van der Waals surface area contributed by atoms with E-state index in [9.17, 15) is 18.0 Å². The molecule has 0 aliphatic rings. The van der Waals surface area contributed by atoms with Crippen molar-refractivity contribution < 1.29 is 22.4 Å². The summed E-state index contributed by atoms with van der Waals surface area (Å²) in [5.74, 6) is -1.36. The average molecular weight is 274 g/mol. The Labute approximate surface area is 105 Å². The third-order valence-electron chi connectivity index (χ3n) is 2.50. The highest BCUT2D eigenvalue weighted by Crippen LogP contribution is 2.40. The monoisotopic (exact) mass is 274 g/mol. The fourth-order valence-electron chi connectivity index (χ4n) is 1.73. The van der Waals surface area contributed by atoms with Crippen LogP contribution in [0.4, 0.5) is 13.2 Å². The Morgan fingerprint density at radius 3 is 2.50 bits per heavy atom. The zero-order valence-electron chi connectivity index (χ0n) is 9.59. The van der Waals surface area contributed by atoms with E-state index < -0.39 is 23.3 Å². The van der Waals surface area contributed by atoms with Gasteiger partial charge in [0.05, 0.1) is 0 Å². The second kappa shape index (κ2) is 4.35. The lowest BCUT2D eigenvalue weighted by molar-refractivity contribution is -0.137. The van der Waals surface area contributed by atoms with Crippen LogP contribution in [-0.4, -0.2) is 12.0 Å². The largest absolute Gasteiger partial charge is 0.452 e. The molecule has 2 nitrogen and oxygen atoms in total. The van der Waals surface area contributed by atoms with E-state index in [-0.39, 0.29) is 11.0 Å². The minimum atomic E-state index is -4.60. The van der Waals surface area contributed by atoms with Crippen LogP contribution in [0.25, 0.3) is 11.0 Å². The molecule has 0 bridgehead atoms. The summed E-state index contributed by atoms with van der Waals surface area (Å²) in [6.07, 6.45) is -2.80. The molecule has 0 atom stereocenters. The van der Waals surface area contributed by atoms with Crippen molar-refractivity contribution in [1.29, 1.82) is 0 Å². The predicted molar refractivity (Wildman–Crippen MR) is 63.0 cm³/mol. The Balaban J connectivity index is 2.80. The molecule has 0 unspecified atom stereocenters. The van der Waals surface area contributed by atoms with Gasteiger partial charge in [0.2, 0.25) is 0 Å². The summed E-state index contributed by atoms with van der Waals surface area (Å²) in [6.45, 7) is 1.06. The number of fused-ring (bicyclic) bond motifs is 1. The van der Waals surface area contributed by atoms with Crippen LogP contribution < -0.4 is 0 Å². The van der Waals surface area contributed by atoms with Crippen molar-refractivity contribution in [3.05, 3.63) is 29.5 Å². The maximum absolute atomic E-state index is 12.9. The number of hydrogen-bond donors (Lipinski definition) is 0. The number of alkyl halides is 3. The van der Waals surface area contributed by atoms with E-state index in [0.29, 0.717) is 0 Å². The lowest BCUT2D eigenvalue weighted by atomic mass is 10.1. The maximum Gasteiger partial charge on any atom is 0.420 e. The first-order chi connectivity index (χ1) is 8.34. The van der Waals surface area contributed by atoms with E-state index in [1.807, 2.05) is 0 Å². The molecule has 0 spiro atoms. The molecule has 2 aromatic rings. The van der Waals surface area contributed by atoms with Crippen LogP contribution in [0.3, 0.4) is 0 Å².